The number of hydrogen-bond acceptors (Lipinski definition) is 5. The first-order valence-corrected chi connectivity index (χ1v) is 9.22. The molecule has 5 nitrogen and oxygen atoms in total. The van der Waals surface area contributed by atoms with E-state index in [1.165, 1.54) is 12.8 Å². The minimum atomic E-state index is 0.231. The Morgan fingerprint density at radius 2 is 2.33 bits per heavy atom. The maximum atomic E-state index is 9.29. The first kappa shape index (κ1) is 15.1. The van der Waals surface area contributed by atoms with Gasteiger partial charge in [-0.1, -0.05) is 0 Å². The number of nitrogens with zero attached hydrogens (tertiary/aromatic N) is 4. The van der Waals surface area contributed by atoms with Crippen molar-refractivity contribution in [2.24, 2.45) is 0 Å². The topological polar surface area (TPSA) is 53.7 Å². The molecule has 0 radical (unpaired) electrons. The van der Waals surface area contributed by atoms with Gasteiger partial charge in [0.15, 0.2) is 5.65 Å². The van der Waals surface area contributed by atoms with Crippen molar-refractivity contribution >= 4 is 39.2 Å². The standard InChI is InChI=1S/C14H19BrN4OS/c1-21-13-8-12(17-14-11(15)9-16-19(13)14)18-6-3-2-4-10(18)5-7-20/h8-10,20H,2-7H2,1H3. The number of hydrogen-bond donors (Lipinski definition) is 1. The van der Waals surface area contributed by atoms with Crippen LogP contribution in [0, 0.1) is 0 Å². The molecule has 0 bridgehead atoms. The van der Waals surface area contributed by atoms with Crippen LogP contribution >= 0.6 is 27.7 Å². The van der Waals surface area contributed by atoms with Gasteiger partial charge in [0, 0.05) is 25.3 Å². The van der Waals surface area contributed by atoms with Crippen LogP contribution in [0.1, 0.15) is 25.7 Å². The van der Waals surface area contributed by atoms with Gasteiger partial charge in [-0.15, -0.1) is 11.8 Å². The number of aliphatic hydroxyl groups excluding tert-OH is 1. The molecule has 0 amide bonds. The van der Waals surface area contributed by atoms with Gasteiger partial charge in [-0.25, -0.2) is 9.50 Å². The summed E-state index contributed by atoms with van der Waals surface area (Å²) in [6, 6.07) is 2.49. The van der Waals surface area contributed by atoms with Gasteiger partial charge in [-0.05, 0) is 47.9 Å². The van der Waals surface area contributed by atoms with Crippen LogP contribution in [0.4, 0.5) is 5.82 Å². The number of anilines is 1. The molecule has 1 saturated heterocycles. The number of fused-ring (bicyclic) bond motifs is 1. The summed E-state index contributed by atoms with van der Waals surface area (Å²) in [5.74, 6) is 0.992. The second-order valence-electron chi connectivity index (χ2n) is 5.24. The Morgan fingerprint density at radius 1 is 1.48 bits per heavy atom. The first-order chi connectivity index (χ1) is 10.2. The third-order valence-electron chi connectivity index (χ3n) is 3.98. The minimum Gasteiger partial charge on any atom is -0.396 e. The quantitative estimate of drug-likeness (QED) is 0.662. The third kappa shape index (κ3) is 2.91. The number of aromatic nitrogens is 3. The number of piperidine rings is 1. The maximum absolute atomic E-state index is 9.29. The zero-order valence-electron chi connectivity index (χ0n) is 12.0. The molecule has 1 atom stereocenters. The highest BCUT2D eigenvalue weighted by molar-refractivity contribution is 9.10. The van der Waals surface area contributed by atoms with Gasteiger partial charge in [0.1, 0.15) is 10.8 Å². The summed E-state index contributed by atoms with van der Waals surface area (Å²) < 4.78 is 2.78. The zero-order valence-corrected chi connectivity index (χ0v) is 14.4. The Labute approximate surface area is 136 Å². The van der Waals surface area contributed by atoms with Crippen LogP contribution in [0.25, 0.3) is 5.65 Å². The molecule has 0 saturated carbocycles. The van der Waals surface area contributed by atoms with Gasteiger partial charge in [0.25, 0.3) is 0 Å². The van der Waals surface area contributed by atoms with E-state index < -0.39 is 0 Å². The Kier molecular flexibility index (Phi) is 4.71. The Hall–Kier alpha value is -0.790. The van der Waals surface area contributed by atoms with Gasteiger partial charge in [0.2, 0.25) is 0 Å². The molecule has 3 heterocycles. The summed E-state index contributed by atoms with van der Waals surface area (Å²) >= 11 is 5.19. The number of halogens is 1. The molecule has 0 aromatic carbocycles. The summed E-state index contributed by atoms with van der Waals surface area (Å²) in [7, 11) is 0. The monoisotopic (exact) mass is 370 g/mol. The number of thioether (sulfide) groups is 1. The predicted octanol–water partition coefficient (Wildman–Crippen LogP) is 2.96. The van der Waals surface area contributed by atoms with Crippen LogP contribution in [0.15, 0.2) is 21.8 Å². The molecule has 1 N–H and O–H groups in total. The second kappa shape index (κ2) is 6.54. The molecular formula is C14H19BrN4OS. The Morgan fingerprint density at radius 3 is 3.10 bits per heavy atom. The number of aliphatic hydroxyl groups is 1. The van der Waals surface area contributed by atoms with Crippen LogP contribution in [0.5, 0.6) is 0 Å². The highest BCUT2D eigenvalue weighted by Gasteiger charge is 2.24. The fourth-order valence-electron chi connectivity index (χ4n) is 2.94. The van der Waals surface area contributed by atoms with Crippen molar-refractivity contribution in [3.05, 3.63) is 16.7 Å². The van der Waals surface area contributed by atoms with Crippen LogP contribution in [0.3, 0.4) is 0 Å². The van der Waals surface area contributed by atoms with E-state index in [1.54, 1.807) is 18.0 Å². The lowest BCUT2D eigenvalue weighted by Gasteiger charge is -2.36. The number of rotatable bonds is 4. The molecular weight excluding hydrogens is 352 g/mol. The lowest BCUT2D eigenvalue weighted by atomic mass is 10.00. The second-order valence-corrected chi connectivity index (χ2v) is 6.92. The van der Waals surface area contributed by atoms with Crippen LogP contribution in [-0.2, 0) is 0 Å². The summed E-state index contributed by atoms with van der Waals surface area (Å²) in [5.41, 5.74) is 0.852. The lowest BCUT2D eigenvalue weighted by molar-refractivity contribution is 0.262. The first-order valence-electron chi connectivity index (χ1n) is 7.20. The van der Waals surface area contributed by atoms with E-state index in [0.717, 1.165) is 40.4 Å². The van der Waals surface area contributed by atoms with Crippen molar-refractivity contribution in [3.63, 3.8) is 0 Å². The van der Waals surface area contributed by atoms with Crippen molar-refractivity contribution in [2.75, 3.05) is 24.3 Å². The zero-order chi connectivity index (χ0) is 14.8. The SMILES string of the molecule is CSc1cc(N2CCCCC2CCO)nc2c(Br)cnn12. The van der Waals surface area contributed by atoms with Crippen molar-refractivity contribution in [1.29, 1.82) is 0 Å². The summed E-state index contributed by atoms with van der Waals surface area (Å²) in [4.78, 5) is 7.13. The van der Waals surface area contributed by atoms with E-state index in [4.69, 9.17) is 4.98 Å². The summed E-state index contributed by atoms with van der Waals surface area (Å²) in [6.45, 7) is 1.24. The molecule has 1 fully saturated rings. The molecule has 7 heteroatoms. The summed E-state index contributed by atoms with van der Waals surface area (Å²) in [6.07, 6.45) is 8.19. The molecule has 3 rings (SSSR count). The van der Waals surface area contributed by atoms with Crippen molar-refractivity contribution in [2.45, 2.75) is 36.8 Å². The Bertz CT molecular complexity index is 631. The normalized spacial score (nSPS) is 19.4. The maximum Gasteiger partial charge on any atom is 0.172 e. The minimum absolute atomic E-state index is 0.231. The van der Waals surface area contributed by atoms with Crippen molar-refractivity contribution in [1.82, 2.24) is 14.6 Å². The average Bonchev–Trinajstić information content (AvgIpc) is 2.89. The van der Waals surface area contributed by atoms with Gasteiger partial charge in [-0.2, -0.15) is 5.10 Å². The lowest BCUT2D eigenvalue weighted by Crippen LogP contribution is -2.40. The van der Waals surface area contributed by atoms with E-state index in [-0.39, 0.29) is 6.61 Å². The third-order valence-corrected chi connectivity index (χ3v) is 5.24. The van der Waals surface area contributed by atoms with Crippen LogP contribution < -0.4 is 4.90 Å². The average molecular weight is 371 g/mol. The molecule has 2 aromatic heterocycles. The predicted molar refractivity (Wildman–Crippen MR) is 89.2 cm³/mol. The molecule has 0 aliphatic carbocycles. The van der Waals surface area contributed by atoms with Crippen molar-refractivity contribution in [3.8, 4) is 0 Å². The van der Waals surface area contributed by atoms with E-state index in [0.29, 0.717) is 6.04 Å². The summed E-state index contributed by atoms with van der Waals surface area (Å²) in [5, 5.41) is 14.7. The molecule has 0 spiro atoms. The molecule has 114 valence electrons. The van der Waals surface area contributed by atoms with E-state index in [9.17, 15) is 5.11 Å². The van der Waals surface area contributed by atoms with Gasteiger partial charge < -0.3 is 10.0 Å². The fourth-order valence-corrected chi connectivity index (χ4v) is 3.82. The highest BCUT2D eigenvalue weighted by Crippen LogP contribution is 2.30. The smallest absolute Gasteiger partial charge is 0.172 e. The highest BCUT2D eigenvalue weighted by atomic mass is 79.9. The molecule has 1 unspecified atom stereocenters. The molecule has 1 aliphatic heterocycles. The van der Waals surface area contributed by atoms with E-state index in [2.05, 4.69) is 38.3 Å². The van der Waals surface area contributed by atoms with Gasteiger partial charge in [-0.3, -0.25) is 0 Å². The van der Waals surface area contributed by atoms with E-state index in [1.807, 2.05) is 4.52 Å². The van der Waals surface area contributed by atoms with Crippen molar-refractivity contribution < 1.29 is 5.11 Å². The van der Waals surface area contributed by atoms with Gasteiger partial charge >= 0.3 is 0 Å². The molecule has 21 heavy (non-hydrogen) atoms. The van der Waals surface area contributed by atoms with Crippen LogP contribution in [-0.4, -0.2) is 45.2 Å². The molecule has 1 aliphatic rings. The fraction of sp³-hybridized carbons (Fsp3) is 0.571. The van der Waals surface area contributed by atoms with Gasteiger partial charge in [0.05, 0.1) is 10.7 Å². The van der Waals surface area contributed by atoms with E-state index >= 15 is 0 Å². The molecule has 2 aromatic rings. The largest absolute Gasteiger partial charge is 0.396 e. The Balaban J connectivity index is 2.03. The van der Waals surface area contributed by atoms with Crippen LogP contribution in [0.2, 0.25) is 0 Å².